The summed E-state index contributed by atoms with van der Waals surface area (Å²) in [6.07, 6.45) is 1.59. The lowest BCUT2D eigenvalue weighted by Gasteiger charge is -2.18. The van der Waals surface area contributed by atoms with Gasteiger partial charge in [0.25, 0.3) is 5.91 Å². The number of hydrogen-bond donors (Lipinski definition) is 0. The van der Waals surface area contributed by atoms with E-state index in [4.69, 9.17) is 5.26 Å². The number of rotatable bonds is 4. The molecule has 5 heteroatoms. The van der Waals surface area contributed by atoms with Crippen LogP contribution >= 0.6 is 0 Å². The van der Waals surface area contributed by atoms with Crippen LogP contribution < -0.4 is 0 Å². The number of nitrogens with zero attached hydrogens (tertiary/aromatic N) is 4. The zero-order valence-electron chi connectivity index (χ0n) is 13.4. The highest BCUT2D eigenvalue weighted by Crippen LogP contribution is 2.18. The zero-order valence-corrected chi connectivity index (χ0v) is 13.4. The monoisotopic (exact) mass is 296 g/mol. The average molecular weight is 296 g/mol. The van der Waals surface area contributed by atoms with Crippen LogP contribution in [-0.2, 0) is 0 Å². The first-order valence-corrected chi connectivity index (χ1v) is 7.21. The van der Waals surface area contributed by atoms with Crippen molar-refractivity contribution in [1.82, 2.24) is 14.7 Å². The summed E-state index contributed by atoms with van der Waals surface area (Å²) >= 11 is 0. The molecule has 0 fully saturated rings. The molecule has 1 amide bonds. The second-order valence-corrected chi connectivity index (χ2v) is 5.56. The summed E-state index contributed by atoms with van der Waals surface area (Å²) in [5.41, 5.74) is 3.43. The number of aromatic nitrogens is 2. The van der Waals surface area contributed by atoms with Crippen LogP contribution in [0.15, 0.2) is 30.5 Å². The quantitative estimate of drug-likeness (QED) is 0.871. The van der Waals surface area contributed by atoms with Crippen LogP contribution in [0, 0.1) is 31.1 Å². The van der Waals surface area contributed by atoms with Crippen LogP contribution in [0.3, 0.4) is 0 Å². The summed E-state index contributed by atoms with van der Waals surface area (Å²) in [6.45, 7) is 6.10. The first-order chi connectivity index (χ1) is 10.5. The van der Waals surface area contributed by atoms with Crippen molar-refractivity contribution in [2.75, 3.05) is 13.6 Å². The Morgan fingerprint density at radius 3 is 2.73 bits per heavy atom. The van der Waals surface area contributed by atoms with Crippen LogP contribution in [-0.4, -0.2) is 34.2 Å². The van der Waals surface area contributed by atoms with Crippen molar-refractivity contribution in [3.05, 3.63) is 47.3 Å². The van der Waals surface area contributed by atoms with Gasteiger partial charge in [-0.1, -0.05) is 18.2 Å². The third-order valence-electron chi connectivity index (χ3n) is 3.70. The van der Waals surface area contributed by atoms with Gasteiger partial charge in [-0.25, -0.2) is 4.68 Å². The van der Waals surface area contributed by atoms with E-state index in [1.807, 2.05) is 38.1 Å². The zero-order chi connectivity index (χ0) is 16.3. The predicted molar refractivity (Wildman–Crippen MR) is 84.8 cm³/mol. The van der Waals surface area contributed by atoms with Gasteiger partial charge in [0.2, 0.25) is 0 Å². The first-order valence-electron chi connectivity index (χ1n) is 7.21. The topological polar surface area (TPSA) is 61.9 Å². The average Bonchev–Trinajstić information content (AvgIpc) is 2.88. The third-order valence-corrected chi connectivity index (χ3v) is 3.70. The molecule has 0 saturated heterocycles. The van der Waals surface area contributed by atoms with Gasteiger partial charge in [0.05, 0.1) is 35.1 Å². The summed E-state index contributed by atoms with van der Waals surface area (Å²) in [4.78, 5) is 14.1. The van der Waals surface area contributed by atoms with Crippen LogP contribution in [0.2, 0.25) is 0 Å². The van der Waals surface area contributed by atoms with Crippen molar-refractivity contribution in [3.63, 3.8) is 0 Å². The summed E-state index contributed by atoms with van der Waals surface area (Å²) < 4.78 is 1.78. The van der Waals surface area contributed by atoms with Crippen molar-refractivity contribution in [3.8, 4) is 11.8 Å². The Balaban J connectivity index is 2.30. The minimum atomic E-state index is -0.194. The smallest absolute Gasteiger partial charge is 0.257 e. The number of hydrogen-bond acceptors (Lipinski definition) is 3. The Kier molecular flexibility index (Phi) is 4.62. The van der Waals surface area contributed by atoms with E-state index in [9.17, 15) is 4.79 Å². The standard InChI is InChI=1S/C17H20N4O/c1-12(9-18)11-20(4)17(22)15-10-19-21(14(15)3)16-8-6-5-7-13(16)2/h5-8,10,12H,11H2,1-4H3/t12-/m1/s1. The lowest BCUT2D eigenvalue weighted by Crippen LogP contribution is -2.31. The Bertz CT molecular complexity index is 727. The molecule has 0 spiro atoms. The molecule has 0 saturated carbocycles. The Morgan fingerprint density at radius 2 is 2.09 bits per heavy atom. The van der Waals surface area contributed by atoms with Crippen molar-refractivity contribution in [2.24, 2.45) is 5.92 Å². The molecule has 1 heterocycles. The van der Waals surface area contributed by atoms with E-state index in [2.05, 4.69) is 11.2 Å². The number of benzene rings is 1. The Labute approximate surface area is 130 Å². The van der Waals surface area contributed by atoms with Gasteiger partial charge in [0.1, 0.15) is 0 Å². The fourth-order valence-electron chi connectivity index (χ4n) is 2.40. The van der Waals surface area contributed by atoms with Gasteiger partial charge in [0.15, 0.2) is 0 Å². The van der Waals surface area contributed by atoms with Crippen molar-refractivity contribution >= 4 is 5.91 Å². The van der Waals surface area contributed by atoms with Crippen molar-refractivity contribution < 1.29 is 4.79 Å². The van der Waals surface area contributed by atoms with E-state index in [1.54, 1.807) is 29.7 Å². The molecule has 2 rings (SSSR count). The maximum atomic E-state index is 12.5. The normalized spacial score (nSPS) is 11.8. The number of para-hydroxylation sites is 1. The van der Waals surface area contributed by atoms with Crippen molar-refractivity contribution in [2.45, 2.75) is 20.8 Å². The van der Waals surface area contributed by atoms with E-state index in [1.165, 1.54) is 0 Å². The fraction of sp³-hybridized carbons (Fsp3) is 0.353. The van der Waals surface area contributed by atoms with E-state index >= 15 is 0 Å². The molecule has 0 aliphatic heterocycles. The Morgan fingerprint density at radius 1 is 1.41 bits per heavy atom. The van der Waals surface area contributed by atoms with Gasteiger partial charge in [0, 0.05) is 13.6 Å². The second kappa shape index (κ2) is 6.44. The second-order valence-electron chi connectivity index (χ2n) is 5.56. The number of nitriles is 1. The van der Waals surface area contributed by atoms with Gasteiger partial charge in [-0.05, 0) is 32.4 Å². The van der Waals surface area contributed by atoms with E-state index in [0.29, 0.717) is 12.1 Å². The molecule has 0 unspecified atom stereocenters. The highest BCUT2D eigenvalue weighted by atomic mass is 16.2. The number of carbonyl (C=O) groups is 1. The molecule has 114 valence electrons. The van der Waals surface area contributed by atoms with Gasteiger partial charge in [-0.3, -0.25) is 4.79 Å². The minimum Gasteiger partial charge on any atom is -0.340 e. The predicted octanol–water partition coefficient (Wildman–Crippen LogP) is 2.72. The molecule has 0 aliphatic carbocycles. The highest BCUT2D eigenvalue weighted by Gasteiger charge is 2.20. The summed E-state index contributed by atoms with van der Waals surface area (Å²) in [6, 6.07) is 10.1. The minimum absolute atomic E-state index is 0.112. The molecule has 1 aromatic carbocycles. The summed E-state index contributed by atoms with van der Waals surface area (Å²) in [5, 5.41) is 13.2. The lowest BCUT2D eigenvalue weighted by atomic mass is 10.1. The SMILES string of the molecule is Cc1ccccc1-n1ncc(C(=O)N(C)C[C@H](C)C#N)c1C. The van der Waals surface area contributed by atoms with Crippen LogP contribution in [0.25, 0.3) is 5.69 Å². The Hall–Kier alpha value is -2.61. The molecule has 0 aliphatic rings. The largest absolute Gasteiger partial charge is 0.340 e. The lowest BCUT2D eigenvalue weighted by molar-refractivity contribution is 0.0784. The molecule has 0 N–H and O–H groups in total. The molecule has 1 atom stereocenters. The molecule has 1 aromatic heterocycles. The van der Waals surface area contributed by atoms with Gasteiger partial charge >= 0.3 is 0 Å². The fourth-order valence-corrected chi connectivity index (χ4v) is 2.40. The van der Waals surface area contributed by atoms with Gasteiger partial charge < -0.3 is 4.90 Å². The molecular formula is C17H20N4O. The first kappa shape index (κ1) is 15.8. The molecule has 0 radical (unpaired) electrons. The maximum absolute atomic E-state index is 12.5. The third kappa shape index (κ3) is 3.01. The van der Waals surface area contributed by atoms with Gasteiger partial charge in [-0.15, -0.1) is 0 Å². The number of amides is 1. The number of aryl methyl sites for hydroxylation is 1. The van der Waals surface area contributed by atoms with Crippen LogP contribution in [0.5, 0.6) is 0 Å². The van der Waals surface area contributed by atoms with E-state index in [0.717, 1.165) is 16.9 Å². The van der Waals surface area contributed by atoms with Crippen LogP contribution in [0.4, 0.5) is 0 Å². The number of carbonyl (C=O) groups excluding carboxylic acids is 1. The molecule has 5 nitrogen and oxygen atoms in total. The summed E-state index contributed by atoms with van der Waals surface area (Å²) in [7, 11) is 1.71. The van der Waals surface area contributed by atoms with Crippen molar-refractivity contribution in [1.29, 1.82) is 5.26 Å². The molecule has 0 bridgehead atoms. The van der Waals surface area contributed by atoms with E-state index in [-0.39, 0.29) is 11.8 Å². The molecular weight excluding hydrogens is 276 g/mol. The highest BCUT2D eigenvalue weighted by molar-refractivity contribution is 5.95. The van der Waals surface area contributed by atoms with Crippen LogP contribution in [0.1, 0.15) is 28.5 Å². The molecule has 2 aromatic rings. The summed E-state index contributed by atoms with van der Waals surface area (Å²) in [5.74, 6) is -0.305. The maximum Gasteiger partial charge on any atom is 0.257 e. The van der Waals surface area contributed by atoms with Gasteiger partial charge in [-0.2, -0.15) is 10.4 Å². The van der Waals surface area contributed by atoms with E-state index < -0.39 is 0 Å². The molecule has 22 heavy (non-hydrogen) atoms.